The fourth-order valence-corrected chi connectivity index (χ4v) is 1.52. The standard InChI is InChI=1S/C12H13NOS/c15-8-2-7-14-11-5-4-10-3-1-6-13-12(10)9-11/h1,3-6,9,15H,2,7-8H2. The normalized spacial score (nSPS) is 10.5. The highest BCUT2D eigenvalue weighted by molar-refractivity contribution is 7.80. The molecule has 2 nitrogen and oxygen atoms in total. The largest absolute Gasteiger partial charge is 0.493 e. The number of ether oxygens (including phenoxy) is 1. The summed E-state index contributed by atoms with van der Waals surface area (Å²) in [5.41, 5.74) is 0.973. The molecule has 15 heavy (non-hydrogen) atoms. The Balaban J connectivity index is 2.16. The van der Waals surface area contributed by atoms with Crippen molar-refractivity contribution in [3.63, 3.8) is 0 Å². The highest BCUT2D eigenvalue weighted by Crippen LogP contribution is 2.18. The number of benzene rings is 1. The van der Waals surface area contributed by atoms with E-state index in [-0.39, 0.29) is 0 Å². The second kappa shape index (κ2) is 5.03. The van der Waals surface area contributed by atoms with Crippen LogP contribution in [0, 0.1) is 0 Å². The van der Waals surface area contributed by atoms with Gasteiger partial charge in [0.1, 0.15) is 5.75 Å². The van der Waals surface area contributed by atoms with Gasteiger partial charge in [0.2, 0.25) is 0 Å². The maximum Gasteiger partial charge on any atom is 0.121 e. The summed E-state index contributed by atoms with van der Waals surface area (Å²) >= 11 is 4.13. The predicted molar refractivity (Wildman–Crippen MR) is 65.7 cm³/mol. The lowest BCUT2D eigenvalue weighted by molar-refractivity contribution is 0.319. The van der Waals surface area contributed by atoms with Crippen molar-refractivity contribution in [2.45, 2.75) is 6.42 Å². The minimum atomic E-state index is 0.710. The van der Waals surface area contributed by atoms with Gasteiger partial charge in [-0.3, -0.25) is 4.98 Å². The maximum atomic E-state index is 5.57. The number of thiol groups is 1. The Morgan fingerprint density at radius 3 is 3.07 bits per heavy atom. The summed E-state index contributed by atoms with van der Waals surface area (Å²) in [6.07, 6.45) is 2.75. The van der Waals surface area contributed by atoms with Crippen LogP contribution >= 0.6 is 12.6 Å². The van der Waals surface area contributed by atoms with Crippen molar-refractivity contribution in [3.05, 3.63) is 36.5 Å². The highest BCUT2D eigenvalue weighted by atomic mass is 32.1. The zero-order valence-corrected chi connectivity index (χ0v) is 9.28. The molecular formula is C12H13NOS. The second-order valence-corrected chi connectivity index (χ2v) is 3.73. The number of hydrogen-bond donors (Lipinski definition) is 1. The van der Waals surface area contributed by atoms with E-state index in [0.717, 1.165) is 28.8 Å². The molecule has 0 unspecified atom stereocenters. The van der Waals surface area contributed by atoms with Crippen LogP contribution in [0.15, 0.2) is 36.5 Å². The van der Waals surface area contributed by atoms with Crippen molar-refractivity contribution in [1.29, 1.82) is 0 Å². The number of nitrogens with zero attached hydrogens (tertiary/aromatic N) is 1. The third-order valence-electron chi connectivity index (χ3n) is 2.15. The molecule has 0 aliphatic heterocycles. The van der Waals surface area contributed by atoms with E-state index in [9.17, 15) is 0 Å². The van der Waals surface area contributed by atoms with Gasteiger partial charge < -0.3 is 4.74 Å². The molecule has 0 saturated carbocycles. The van der Waals surface area contributed by atoms with Crippen LogP contribution in [0.1, 0.15) is 6.42 Å². The van der Waals surface area contributed by atoms with Gasteiger partial charge in [-0.15, -0.1) is 0 Å². The van der Waals surface area contributed by atoms with E-state index in [4.69, 9.17) is 4.74 Å². The Kier molecular flexibility index (Phi) is 3.45. The lowest BCUT2D eigenvalue weighted by Crippen LogP contribution is -1.97. The van der Waals surface area contributed by atoms with Crippen LogP contribution in [0.3, 0.4) is 0 Å². The van der Waals surface area contributed by atoms with Crippen LogP contribution in [-0.4, -0.2) is 17.3 Å². The first-order chi connectivity index (χ1) is 7.40. The molecular weight excluding hydrogens is 206 g/mol. The Bertz CT molecular complexity index is 444. The fraction of sp³-hybridized carbons (Fsp3) is 0.250. The number of aromatic nitrogens is 1. The molecule has 0 aliphatic carbocycles. The minimum absolute atomic E-state index is 0.710. The van der Waals surface area contributed by atoms with E-state index in [0.29, 0.717) is 6.61 Å². The first-order valence-corrected chi connectivity index (χ1v) is 5.62. The Labute approximate surface area is 94.7 Å². The third kappa shape index (κ3) is 2.63. The summed E-state index contributed by atoms with van der Waals surface area (Å²) in [5.74, 6) is 1.73. The average Bonchev–Trinajstić information content (AvgIpc) is 2.29. The smallest absolute Gasteiger partial charge is 0.121 e. The fourth-order valence-electron chi connectivity index (χ4n) is 1.39. The van der Waals surface area contributed by atoms with E-state index in [2.05, 4.69) is 17.6 Å². The molecule has 0 radical (unpaired) electrons. The lowest BCUT2D eigenvalue weighted by Gasteiger charge is -2.05. The van der Waals surface area contributed by atoms with Crippen LogP contribution in [0.5, 0.6) is 5.75 Å². The van der Waals surface area contributed by atoms with Crippen LogP contribution in [0.4, 0.5) is 0 Å². The van der Waals surface area contributed by atoms with Crippen molar-refractivity contribution >= 4 is 23.5 Å². The molecule has 0 atom stereocenters. The van der Waals surface area contributed by atoms with Crippen molar-refractivity contribution in [2.24, 2.45) is 0 Å². The molecule has 1 aromatic carbocycles. The molecule has 2 aromatic rings. The molecule has 0 amide bonds. The minimum Gasteiger partial charge on any atom is -0.493 e. The molecule has 3 heteroatoms. The monoisotopic (exact) mass is 219 g/mol. The Hall–Kier alpha value is -1.22. The summed E-state index contributed by atoms with van der Waals surface area (Å²) in [5, 5.41) is 1.14. The van der Waals surface area contributed by atoms with Gasteiger partial charge in [-0.1, -0.05) is 6.07 Å². The molecule has 0 fully saturated rings. The van der Waals surface area contributed by atoms with Crippen LogP contribution in [0.2, 0.25) is 0 Å². The van der Waals surface area contributed by atoms with Crippen molar-refractivity contribution in [2.75, 3.05) is 12.4 Å². The van der Waals surface area contributed by atoms with Crippen molar-refractivity contribution in [3.8, 4) is 5.75 Å². The van der Waals surface area contributed by atoms with Gasteiger partial charge in [-0.05, 0) is 30.4 Å². The topological polar surface area (TPSA) is 22.1 Å². The third-order valence-corrected chi connectivity index (χ3v) is 2.46. The van der Waals surface area contributed by atoms with E-state index >= 15 is 0 Å². The first kappa shape index (κ1) is 10.3. The molecule has 1 aromatic heterocycles. The number of fused-ring (bicyclic) bond motifs is 1. The predicted octanol–water partition coefficient (Wildman–Crippen LogP) is 2.93. The molecule has 1 heterocycles. The van der Waals surface area contributed by atoms with Crippen molar-refractivity contribution < 1.29 is 4.74 Å². The Morgan fingerprint density at radius 1 is 1.27 bits per heavy atom. The van der Waals surface area contributed by atoms with Gasteiger partial charge in [0.25, 0.3) is 0 Å². The summed E-state index contributed by atoms with van der Waals surface area (Å²) < 4.78 is 5.57. The van der Waals surface area contributed by atoms with E-state index in [1.54, 1.807) is 6.20 Å². The maximum absolute atomic E-state index is 5.57. The summed E-state index contributed by atoms with van der Waals surface area (Å²) in [7, 11) is 0. The van der Waals surface area contributed by atoms with Crippen LogP contribution < -0.4 is 4.74 Å². The molecule has 0 spiro atoms. The lowest BCUT2D eigenvalue weighted by atomic mass is 10.2. The summed E-state index contributed by atoms with van der Waals surface area (Å²) in [4.78, 5) is 4.28. The molecule has 0 N–H and O–H groups in total. The highest BCUT2D eigenvalue weighted by Gasteiger charge is 1.97. The van der Waals surface area contributed by atoms with Crippen LogP contribution in [0.25, 0.3) is 10.9 Å². The number of rotatable bonds is 4. The van der Waals surface area contributed by atoms with Gasteiger partial charge in [-0.2, -0.15) is 12.6 Å². The van der Waals surface area contributed by atoms with Gasteiger partial charge >= 0.3 is 0 Å². The molecule has 78 valence electrons. The van der Waals surface area contributed by atoms with Crippen molar-refractivity contribution in [1.82, 2.24) is 4.98 Å². The molecule has 0 aliphatic rings. The van der Waals surface area contributed by atoms with Gasteiger partial charge in [-0.25, -0.2) is 0 Å². The SMILES string of the molecule is SCCCOc1ccc2cccnc2c1. The zero-order chi connectivity index (χ0) is 10.5. The van der Waals surface area contributed by atoms with Crippen LogP contribution in [-0.2, 0) is 0 Å². The summed E-state index contributed by atoms with van der Waals surface area (Å²) in [6.45, 7) is 0.710. The number of hydrogen-bond acceptors (Lipinski definition) is 3. The summed E-state index contributed by atoms with van der Waals surface area (Å²) in [6, 6.07) is 9.94. The quantitative estimate of drug-likeness (QED) is 0.631. The van der Waals surface area contributed by atoms with E-state index in [1.165, 1.54) is 0 Å². The molecule has 0 bridgehead atoms. The number of pyridine rings is 1. The second-order valence-electron chi connectivity index (χ2n) is 3.28. The molecule has 0 saturated heterocycles. The average molecular weight is 219 g/mol. The van der Waals surface area contributed by atoms with Gasteiger partial charge in [0, 0.05) is 17.6 Å². The molecule has 2 rings (SSSR count). The van der Waals surface area contributed by atoms with Gasteiger partial charge in [0.05, 0.1) is 12.1 Å². The van der Waals surface area contributed by atoms with E-state index < -0.39 is 0 Å². The van der Waals surface area contributed by atoms with Gasteiger partial charge in [0.15, 0.2) is 0 Å². The first-order valence-electron chi connectivity index (χ1n) is 4.98. The van der Waals surface area contributed by atoms with E-state index in [1.807, 2.05) is 30.3 Å². The zero-order valence-electron chi connectivity index (χ0n) is 8.39. The Morgan fingerprint density at radius 2 is 2.20 bits per heavy atom.